The monoisotopic (exact) mass is 795 g/mol. The molecule has 1 aromatic rings. The number of nitrogens with one attached hydrogen (secondary N) is 2. The van der Waals surface area contributed by atoms with Crippen LogP contribution in [0, 0.1) is 17.8 Å². The highest BCUT2D eigenvalue weighted by molar-refractivity contribution is 7.90. The van der Waals surface area contributed by atoms with Gasteiger partial charge in [0.25, 0.3) is 0 Å². The predicted molar refractivity (Wildman–Crippen MR) is 214 cm³/mol. The van der Waals surface area contributed by atoms with Gasteiger partial charge >= 0.3 is 0 Å². The van der Waals surface area contributed by atoms with Crippen LogP contribution in [0.5, 0.6) is 0 Å². The quantitative estimate of drug-likeness (QED) is 0.149. The van der Waals surface area contributed by atoms with Crippen molar-refractivity contribution in [2.75, 3.05) is 60.5 Å². The fourth-order valence-electron chi connectivity index (χ4n) is 7.63. The number of sulfone groups is 1. The van der Waals surface area contributed by atoms with Gasteiger partial charge in [-0.2, -0.15) is 0 Å². The zero-order valence-electron chi connectivity index (χ0n) is 35.0. The summed E-state index contributed by atoms with van der Waals surface area (Å²) in [5.74, 6) is -2.39. The minimum absolute atomic E-state index is 0.0206. The van der Waals surface area contributed by atoms with Crippen LogP contribution in [0.15, 0.2) is 30.3 Å². The summed E-state index contributed by atoms with van der Waals surface area (Å²) >= 11 is 0. The number of hydrogen-bond donors (Lipinski definition) is 3. The first-order valence-corrected chi connectivity index (χ1v) is 21.6. The Bertz CT molecular complexity index is 1480. The molecule has 1 heterocycles. The van der Waals surface area contributed by atoms with Crippen molar-refractivity contribution >= 4 is 33.5 Å². The molecular weight excluding hydrogens is 727 g/mol. The molecule has 3 N–H and O–H groups in total. The van der Waals surface area contributed by atoms with Gasteiger partial charge in [0.05, 0.1) is 61.1 Å². The SMILES string of the molecule is CC[C@H](C)[C@@H]([C@@H](CC(=O)N1CCC[C@H]1[C@H](OC)[C@@H](C)C(=O)N[C@H](CO)Cc1ccccc1)OC)N(C)C(=O)[C@@H](NC(=O)[C@H](CCS(C)(=O)=O)N(C)C)C(C)C. The highest BCUT2D eigenvalue weighted by Crippen LogP contribution is 2.30. The summed E-state index contributed by atoms with van der Waals surface area (Å²) in [7, 11) is 4.81. The second-order valence-corrected chi connectivity index (χ2v) is 18.1. The Morgan fingerprint density at radius 3 is 2.13 bits per heavy atom. The number of amides is 4. The van der Waals surface area contributed by atoms with Gasteiger partial charge in [0, 0.05) is 34.1 Å². The first kappa shape index (κ1) is 48.0. The number of likely N-dealkylation sites (tertiary alicyclic amines) is 1. The largest absolute Gasteiger partial charge is 0.394 e. The summed E-state index contributed by atoms with van der Waals surface area (Å²) in [6.45, 7) is 9.70. The molecule has 1 saturated heterocycles. The lowest BCUT2D eigenvalue weighted by Gasteiger charge is -2.41. The van der Waals surface area contributed by atoms with E-state index in [1.807, 2.05) is 58.0 Å². The van der Waals surface area contributed by atoms with Gasteiger partial charge in [-0.15, -0.1) is 0 Å². The summed E-state index contributed by atoms with van der Waals surface area (Å²) in [6.07, 6.45) is 2.44. The normalized spacial score (nSPS) is 19.2. The molecule has 1 aromatic carbocycles. The molecule has 14 nitrogen and oxygen atoms in total. The van der Waals surface area contributed by atoms with Crippen LogP contribution in [0.1, 0.15) is 72.3 Å². The smallest absolute Gasteiger partial charge is 0.245 e. The Hall–Kier alpha value is -3.11. The summed E-state index contributed by atoms with van der Waals surface area (Å²) in [4.78, 5) is 60.4. The van der Waals surface area contributed by atoms with Gasteiger partial charge in [0.1, 0.15) is 15.9 Å². The van der Waals surface area contributed by atoms with Crippen LogP contribution < -0.4 is 10.6 Å². The molecule has 0 radical (unpaired) electrons. The Labute approximate surface area is 330 Å². The highest BCUT2D eigenvalue weighted by atomic mass is 32.2. The molecule has 1 fully saturated rings. The Kier molecular flexibility index (Phi) is 19.7. The second-order valence-electron chi connectivity index (χ2n) is 15.8. The van der Waals surface area contributed by atoms with Crippen molar-refractivity contribution in [3.05, 3.63) is 35.9 Å². The van der Waals surface area contributed by atoms with E-state index in [9.17, 15) is 32.7 Å². The standard InChI is InChI=1S/C40H69N5O9S/c1-12-27(4)36(44(8)40(50)35(26(2)3)42-39(49)32(43(6)7)20-22-55(11,51)52)33(53-9)24-34(47)45-21-16-19-31(45)37(54-10)28(5)38(48)41-30(25-46)23-29-17-14-13-15-18-29/h13-15,17-18,26-28,30-33,35-37,46H,12,16,19-25H2,1-11H3,(H,41,48)(H,42,49)/t27-,28+,30-,31-,32-,33+,35-,36-,37+/m0/s1. The topological polar surface area (TPSA) is 175 Å². The maximum atomic E-state index is 14.3. The van der Waals surface area contributed by atoms with E-state index in [1.165, 1.54) is 14.2 Å². The molecule has 0 bridgehead atoms. The van der Waals surface area contributed by atoms with Crippen LogP contribution in [0.4, 0.5) is 0 Å². The fourth-order valence-corrected chi connectivity index (χ4v) is 8.28. The van der Waals surface area contributed by atoms with E-state index in [0.29, 0.717) is 25.8 Å². The molecule has 9 atom stereocenters. The molecule has 2 rings (SSSR count). The highest BCUT2D eigenvalue weighted by Gasteiger charge is 2.43. The van der Waals surface area contributed by atoms with Crippen molar-refractivity contribution in [3.8, 4) is 0 Å². The van der Waals surface area contributed by atoms with Gasteiger partial charge in [-0.25, -0.2) is 8.42 Å². The molecule has 0 aliphatic carbocycles. The number of aliphatic hydroxyl groups excluding tert-OH is 1. The number of carbonyl (C=O) groups is 4. The van der Waals surface area contributed by atoms with Crippen molar-refractivity contribution < 1.29 is 42.2 Å². The minimum atomic E-state index is -3.31. The number of carbonyl (C=O) groups excluding carboxylic acids is 4. The van der Waals surface area contributed by atoms with E-state index in [4.69, 9.17) is 9.47 Å². The van der Waals surface area contributed by atoms with Crippen molar-refractivity contribution in [3.63, 3.8) is 0 Å². The predicted octanol–water partition coefficient (Wildman–Crippen LogP) is 2.13. The van der Waals surface area contributed by atoms with Crippen molar-refractivity contribution in [2.24, 2.45) is 17.8 Å². The molecule has 0 unspecified atom stereocenters. The van der Waals surface area contributed by atoms with E-state index >= 15 is 0 Å². The molecule has 314 valence electrons. The fraction of sp³-hybridized carbons (Fsp3) is 0.750. The zero-order valence-corrected chi connectivity index (χ0v) is 35.8. The molecular formula is C40H69N5O9S. The number of benzene rings is 1. The molecule has 0 spiro atoms. The number of hydrogen-bond acceptors (Lipinski definition) is 10. The molecule has 0 saturated carbocycles. The number of likely N-dealkylation sites (N-methyl/N-ethyl adjacent to an activating group) is 2. The van der Waals surface area contributed by atoms with Gasteiger partial charge < -0.3 is 35.0 Å². The first-order valence-electron chi connectivity index (χ1n) is 19.5. The molecule has 4 amide bonds. The lowest BCUT2D eigenvalue weighted by molar-refractivity contribution is -0.148. The lowest BCUT2D eigenvalue weighted by atomic mass is 9.89. The molecule has 1 aliphatic rings. The summed E-state index contributed by atoms with van der Waals surface area (Å²) < 4.78 is 35.6. The van der Waals surface area contributed by atoms with Gasteiger partial charge in [-0.05, 0) is 57.2 Å². The van der Waals surface area contributed by atoms with Crippen LogP contribution in [0.3, 0.4) is 0 Å². The molecule has 1 aliphatic heterocycles. The summed E-state index contributed by atoms with van der Waals surface area (Å²) in [6, 6.07) is 6.58. The maximum Gasteiger partial charge on any atom is 0.245 e. The number of rotatable bonds is 23. The molecule has 0 aromatic heterocycles. The van der Waals surface area contributed by atoms with E-state index in [1.54, 1.807) is 42.8 Å². The minimum Gasteiger partial charge on any atom is -0.394 e. The third-order valence-electron chi connectivity index (χ3n) is 11.1. The number of aliphatic hydroxyl groups is 1. The third-order valence-corrected chi connectivity index (χ3v) is 12.0. The lowest BCUT2D eigenvalue weighted by Crippen LogP contribution is -2.59. The zero-order chi connectivity index (χ0) is 41.6. The van der Waals surface area contributed by atoms with Gasteiger partial charge in [-0.3, -0.25) is 24.1 Å². The number of methoxy groups -OCH3 is 2. The van der Waals surface area contributed by atoms with Crippen molar-refractivity contribution in [1.82, 2.24) is 25.3 Å². The summed E-state index contributed by atoms with van der Waals surface area (Å²) in [5.41, 5.74) is 0.991. The summed E-state index contributed by atoms with van der Waals surface area (Å²) in [5, 5.41) is 15.9. The van der Waals surface area contributed by atoms with Gasteiger partial charge in [0.15, 0.2) is 0 Å². The van der Waals surface area contributed by atoms with Crippen LogP contribution in [-0.2, 0) is 44.9 Å². The second kappa shape index (κ2) is 22.6. The first-order chi connectivity index (χ1) is 25.8. The van der Waals surface area contributed by atoms with Gasteiger partial charge in [-0.1, -0.05) is 71.4 Å². The van der Waals surface area contributed by atoms with E-state index < -0.39 is 58.0 Å². The van der Waals surface area contributed by atoms with Crippen LogP contribution in [0.25, 0.3) is 0 Å². The average molecular weight is 796 g/mol. The van der Waals surface area contributed by atoms with E-state index in [-0.39, 0.29) is 60.8 Å². The third kappa shape index (κ3) is 14.1. The van der Waals surface area contributed by atoms with Crippen LogP contribution in [-0.4, -0.2) is 155 Å². The Morgan fingerprint density at radius 1 is 0.982 bits per heavy atom. The van der Waals surface area contributed by atoms with Crippen LogP contribution in [0.2, 0.25) is 0 Å². The number of nitrogens with zero attached hydrogens (tertiary/aromatic N) is 3. The van der Waals surface area contributed by atoms with E-state index in [0.717, 1.165) is 18.2 Å². The van der Waals surface area contributed by atoms with E-state index in [2.05, 4.69) is 10.6 Å². The Morgan fingerprint density at radius 2 is 1.62 bits per heavy atom. The van der Waals surface area contributed by atoms with Gasteiger partial charge in [0.2, 0.25) is 23.6 Å². The Balaban J connectivity index is 2.26. The molecule has 15 heteroatoms. The van der Waals surface area contributed by atoms with Crippen molar-refractivity contribution in [1.29, 1.82) is 0 Å². The molecule has 55 heavy (non-hydrogen) atoms. The maximum absolute atomic E-state index is 14.3. The van der Waals surface area contributed by atoms with Crippen LogP contribution >= 0.6 is 0 Å². The number of ether oxygens (including phenoxy) is 2. The average Bonchev–Trinajstić information content (AvgIpc) is 3.62. The van der Waals surface area contributed by atoms with Crippen molar-refractivity contribution in [2.45, 2.75) is 116 Å².